The van der Waals surface area contributed by atoms with E-state index in [1.807, 2.05) is 0 Å². The van der Waals surface area contributed by atoms with E-state index in [9.17, 15) is 27.6 Å². The minimum absolute atomic E-state index is 0.00339. The maximum absolute atomic E-state index is 13.0. The van der Waals surface area contributed by atoms with E-state index in [0.29, 0.717) is 28.3 Å². The van der Waals surface area contributed by atoms with Gasteiger partial charge in [-0.05, 0) is 53.7 Å². The Morgan fingerprint density at radius 2 is 1.86 bits per heavy atom. The number of ether oxygens (including phenoxy) is 2. The van der Waals surface area contributed by atoms with E-state index in [1.165, 1.54) is 31.4 Å². The minimum atomic E-state index is -4.65. The molecular weight excluding hydrogens is 544 g/mol. The van der Waals surface area contributed by atoms with E-state index >= 15 is 0 Å². The highest BCUT2D eigenvalue weighted by Crippen LogP contribution is 2.38. The van der Waals surface area contributed by atoms with Crippen molar-refractivity contribution in [3.05, 3.63) is 69.1 Å². The first kappa shape index (κ1) is 27.4. The fraction of sp³-hybridized carbons (Fsp3) is 0.174. The van der Waals surface area contributed by atoms with Crippen LogP contribution in [-0.2, 0) is 15.8 Å². The summed E-state index contributed by atoms with van der Waals surface area (Å²) in [7, 11) is 1.22. The predicted molar refractivity (Wildman–Crippen MR) is 131 cm³/mol. The number of rotatable bonds is 8. The Morgan fingerprint density at radius 3 is 2.44 bits per heavy atom. The maximum atomic E-state index is 13.0. The molecule has 0 unspecified atom stereocenters. The molecular formula is C23H17Cl2F3N2O5S. The second kappa shape index (κ2) is 11.3. The van der Waals surface area contributed by atoms with Crippen molar-refractivity contribution in [2.24, 2.45) is 0 Å². The smallest absolute Gasteiger partial charge is 0.416 e. The number of carbonyl (C=O) groups is 3. The lowest BCUT2D eigenvalue weighted by Gasteiger charge is -2.16. The van der Waals surface area contributed by atoms with Gasteiger partial charge in [0.2, 0.25) is 5.91 Å². The monoisotopic (exact) mass is 560 g/mol. The molecule has 2 aromatic rings. The van der Waals surface area contributed by atoms with Crippen LogP contribution in [0.15, 0.2) is 47.9 Å². The van der Waals surface area contributed by atoms with Gasteiger partial charge < -0.3 is 14.8 Å². The minimum Gasteiger partial charge on any atom is -0.495 e. The zero-order valence-corrected chi connectivity index (χ0v) is 20.8. The molecule has 1 N–H and O–H groups in total. The predicted octanol–water partition coefficient (Wildman–Crippen LogP) is 6.26. The molecule has 0 atom stereocenters. The molecule has 0 spiro atoms. The van der Waals surface area contributed by atoms with Gasteiger partial charge in [-0.1, -0.05) is 35.9 Å². The maximum Gasteiger partial charge on any atom is 0.416 e. The molecule has 1 fully saturated rings. The van der Waals surface area contributed by atoms with Crippen LogP contribution in [-0.4, -0.2) is 42.2 Å². The topological polar surface area (TPSA) is 84.9 Å². The number of thioether (sulfide) groups is 1. The number of nitrogens with zero attached hydrogens (tertiary/aromatic N) is 1. The number of hydrogen-bond acceptors (Lipinski definition) is 6. The van der Waals surface area contributed by atoms with Crippen molar-refractivity contribution in [1.82, 2.24) is 4.90 Å². The molecule has 2 aromatic carbocycles. The van der Waals surface area contributed by atoms with Gasteiger partial charge in [-0.2, -0.15) is 13.2 Å². The van der Waals surface area contributed by atoms with Gasteiger partial charge in [0.05, 0.1) is 33.3 Å². The van der Waals surface area contributed by atoms with Gasteiger partial charge in [0.1, 0.15) is 18.9 Å². The molecule has 7 nitrogen and oxygen atoms in total. The first-order chi connectivity index (χ1) is 16.9. The number of imide groups is 1. The van der Waals surface area contributed by atoms with Gasteiger partial charge in [-0.15, -0.1) is 0 Å². The molecule has 1 saturated heterocycles. The van der Waals surface area contributed by atoms with Crippen LogP contribution < -0.4 is 14.8 Å². The summed E-state index contributed by atoms with van der Waals surface area (Å²) in [4.78, 5) is 38.3. The number of methoxy groups -OCH3 is 1. The van der Waals surface area contributed by atoms with Crippen molar-refractivity contribution < 1.29 is 37.0 Å². The Morgan fingerprint density at radius 1 is 1.19 bits per heavy atom. The van der Waals surface area contributed by atoms with Crippen LogP contribution >= 0.6 is 35.0 Å². The zero-order chi connectivity index (χ0) is 26.6. The van der Waals surface area contributed by atoms with Crippen molar-refractivity contribution in [2.75, 3.05) is 25.6 Å². The lowest BCUT2D eigenvalue weighted by molar-refractivity contribution is -0.137. The van der Waals surface area contributed by atoms with Gasteiger partial charge in [0, 0.05) is 0 Å². The number of alkyl halides is 3. The molecule has 1 aliphatic heterocycles. The van der Waals surface area contributed by atoms with E-state index in [4.69, 9.17) is 32.7 Å². The van der Waals surface area contributed by atoms with Crippen LogP contribution in [0.5, 0.6) is 11.5 Å². The van der Waals surface area contributed by atoms with Crippen molar-refractivity contribution in [3.63, 3.8) is 0 Å². The number of hydrogen-bond donors (Lipinski definition) is 1. The molecule has 36 heavy (non-hydrogen) atoms. The molecule has 0 aliphatic carbocycles. The summed E-state index contributed by atoms with van der Waals surface area (Å²) in [6.07, 6.45) is -1.77. The highest BCUT2D eigenvalue weighted by Gasteiger charge is 2.37. The Kier molecular flexibility index (Phi) is 8.59. The highest BCUT2D eigenvalue weighted by atomic mass is 35.5. The molecule has 3 rings (SSSR count). The molecule has 1 heterocycles. The van der Waals surface area contributed by atoms with E-state index in [0.717, 1.165) is 12.1 Å². The fourth-order valence-corrected chi connectivity index (χ4v) is 4.50. The van der Waals surface area contributed by atoms with E-state index in [1.54, 1.807) is 0 Å². The molecule has 0 saturated carbocycles. The first-order valence-electron chi connectivity index (χ1n) is 9.97. The molecule has 1 aliphatic rings. The summed E-state index contributed by atoms with van der Waals surface area (Å²) in [6.45, 7) is 2.98. The van der Waals surface area contributed by atoms with Crippen molar-refractivity contribution >= 4 is 63.8 Å². The molecule has 0 radical (unpaired) electrons. The number of amides is 3. The summed E-state index contributed by atoms with van der Waals surface area (Å²) in [5.41, 5.74) is -0.867. The molecule has 0 aromatic heterocycles. The molecule has 3 amide bonds. The summed E-state index contributed by atoms with van der Waals surface area (Å²) in [5, 5.41) is 1.86. The number of nitrogens with one attached hydrogen (secondary N) is 1. The van der Waals surface area contributed by atoms with E-state index in [-0.39, 0.29) is 38.7 Å². The van der Waals surface area contributed by atoms with Crippen LogP contribution in [0.1, 0.15) is 11.1 Å². The number of halogens is 5. The van der Waals surface area contributed by atoms with Crippen molar-refractivity contribution in [3.8, 4) is 11.5 Å². The van der Waals surface area contributed by atoms with Crippen molar-refractivity contribution in [1.29, 1.82) is 0 Å². The third-order valence-electron chi connectivity index (χ3n) is 4.64. The number of carbonyl (C=O) groups excluding carboxylic acids is 3. The van der Waals surface area contributed by atoms with E-state index < -0.39 is 35.3 Å². The Balaban J connectivity index is 1.76. The second-order valence-electron chi connectivity index (χ2n) is 7.14. The van der Waals surface area contributed by atoms with Crippen LogP contribution in [0.2, 0.25) is 10.0 Å². The lowest BCUT2D eigenvalue weighted by atomic mass is 10.1. The van der Waals surface area contributed by atoms with Gasteiger partial charge in [-0.25, -0.2) is 0 Å². The largest absolute Gasteiger partial charge is 0.495 e. The average molecular weight is 561 g/mol. The van der Waals surface area contributed by atoms with Crippen LogP contribution in [0, 0.1) is 0 Å². The number of anilines is 1. The SMILES string of the molecule is C=CCOc1c(Cl)cc(/C=C2\SC(=O)N(CC(=O)Nc3cc(C(F)(F)F)ccc3OC)C2=O)cc1Cl. The fourth-order valence-electron chi connectivity index (χ4n) is 3.05. The molecule has 190 valence electrons. The normalized spacial score (nSPS) is 14.8. The summed E-state index contributed by atoms with van der Waals surface area (Å²) >= 11 is 13.0. The summed E-state index contributed by atoms with van der Waals surface area (Å²) in [6, 6.07) is 5.50. The average Bonchev–Trinajstić information content (AvgIpc) is 3.05. The van der Waals surface area contributed by atoms with Crippen LogP contribution in [0.25, 0.3) is 6.08 Å². The van der Waals surface area contributed by atoms with E-state index in [2.05, 4.69) is 11.9 Å². The second-order valence-corrected chi connectivity index (χ2v) is 8.95. The first-order valence-corrected chi connectivity index (χ1v) is 11.5. The van der Waals surface area contributed by atoms with Crippen molar-refractivity contribution in [2.45, 2.75) is 6.18 Å². The quantitative estimate of drug-likeness (QED) is 0.303. The summed E-state index contributed by atoms with van der Waals surface area (Å²) < 4.78 is 49.5. The summed E-state index contributed by atoms with van der Waals surface area (Å²) in [5.74, 6) is -1.47. The Bertz CT molecular complexity index is 1240. The highest BCUT2D eigenvalue weighted by molar-refractivity contribution is 8.18. The third-order valence-corrected chi connectivity index (χ3v) is 6.11. The zero-order valence-electron chi connectivity index (χ0n) is 18.4. The van der Waals surface area contributed by atoms with Crippen LogP contribution in [0.3, 0.4) is 0 Å². The third kappa shape index (κ3) is 6.34. The standard InChI is InChI=1S/C23H17Cl2F3N2O5S/c1-3-6-35-20-14(24)7-12(8-15(20)25)9-18-21(32)30(22(33)36-18)11-19(31)29-16-10-13(23(26,27)28)4-5-17(16)34-2/h3-5,7-10H,1,6,11H2,2H3,(H,29,31)/b18-9-. The Hall–Kier alpha value is -3.15. The molecule has 0 bridgehead atoms. The van der Waals surface area contributed by atoms with Gasteiger partial charge in [-0.3, -0.25) is 19.3 Å². The lowest BCUT2D eigenvalue weighted by Crippen LogP contribution is -2.36. The number of benzene rings is 2. The molecule has 13 heteroatoms. The Labute approximate surface area is 217 Å². The van der Waals surface area contributed by atoms with Gasteiger partial charge in [0.25, 0.3) is 11.1 Å². The van der Waals surface area contributed by atoms with Gasteiger partial charge >= 0.3 is 6.18 Å². The van der Waals surface area contributed by atoms with Gasteiger partial charge in [0.15, 0.2) is 5.75 Å². The van der Waals surface area contributed by atoms with Crippen LogP contribution in [0.4, 0.5) is 23.7 Å².